The fourth-order valence-corrected chi connectivity index (χ4v) is 6.92. The number of hydrogen-bond donors (Lipinski definition) is 1. The predicted octanol–water partition coefficient (Wildman–Crippen LogP) is 8.68. The lowest BCUT2D eigenvalue weighted by molar-refractivity contribution is 0.268. The van der Waals surface area contributed by atoms with E-state index in [1.807, 2.05) is 6.07 Å². The third-order valence-corrected chi connectivity index (χ3v) is 9.30. The molecule has 5 aromatic rings. The Bertz CT molecular complexity index is 1660. The lowest BCUT2D eigenvalue weighted by atomic mass is 9.87. The standard InChI is InChI=1S/C40H42N2O2/c1-2-9-31(10-3-1)29-44-36-20-21-38-33(28-36)22-25-42(39-15-8-12-32-11-4-5-14-37(32)39)40(38)27-30-16-18-35(19-17-30)43-26-23-34-13-6-7-24-41-34/h1-5,8-12,14-21,28,34,40-41H,6-7,13,22-27,29H2. The van der Waals surface area contributed by atoms with E-state index in [-0.39, 0.29) is 6.04 Å². The van der Waals surface area contributed by atoms with Crippen molar-refractivity contribution >= 4 is 16.5 Å². The van der Waals surface area contributed by atoms with E-state index in [0.29, 0.717) is 12.6 Å². The molecule has 1 saturated heterocycles. The van der Waals surface area contributed by atoms with Crippen molar-refractivity contribution in [2.24, 2.45) is 0 Å². The Morgan fingerprint density at radius 1 is 0.727 bits per heavy atom. The van der Waals surface area contributed by atoms with Crippen molar-refractivity contribution in [2.45, 2.75) is 57.2 Å². The Hall–Kier alpha value is -4.28. The fourth-order valence-electron chi connectivity index (χ4n) is 6.92. The maximum absolute atomic E-state index is 6.23. The van der Waals surface area contributed by atoms with Gasteiger partial charge in [-0.2, -0.15) is 0 Å². The van der Waals surface area contributed by atoms with E-state index in [0.717, 1.165) is 50.5 Å². The Labute approximate surface area is 261 Å². The van der Waals surface area contributed by atoms with Gasteiger partial charge in [0.25, 0.3) is 0 Å². The average molecular weight is 583 g/mol. The highest BCUT2D eigenvalue weighted by Crippen LogP contribution is 2.40. The SMILES string of the molecule is c1ccc(COc2ccc3c(c2)CCN(c2cccc4ccccc24)C3Cc2ccc(OCCC3CCCCN3)cc2)cc1. The minimum absolute atomic E-state index is 0.219. The number of nitrogens with one attached hydrogen (secondary N) is 1. The van der Waals surface area contributed by atoms with Crippen LogP contribution in [0.5, 0.6) is 11.5 Å². The largest absolute Gasteiger partial charge is 0.494 e. The Kier molecular flexibility index (Phi) is 8.79. The summed E-state index contributed by atoms with van der Waals surface area (Å²) in [5.41, 5.74) is 6.58. The van der Waals surface area contributed by atoms with Crippen molar-refractivity contribution in [2.75, 3.05) is 24.6 Å². The Balaban J connectivity index is 1.12. The van der Waals surface area contributed by atoms with Gasteiger partial charge in [-0.25, -0.2) is 0 Å². The van der Waals surface area contributed by atoms with Crippen LogP contribution in [-0.2, 0) is 19.4 Å². The van der Waals surface area contributed by atoms with E-state index in [1.165, 1.54) is 58.0 Å². The van der Waals surface area contributed by atoms with Gasteiger partial charge in [-0.05, 0) is 96.6 Å². The second-order valence-corrected chi connectivity index (χ2v) is 12.2. The van der Waals surface area contributed by atoms with E-state index < -0.39 is 0 Å². The third kappa shape index (κ3) is 6.61. The molecule has 4 nitrogen and oxygen atoms in total. The summed E-state index contributed by atoms with van der Waals surface area (Å²) in [5.74, 6) is 1.90. The van der Waals surface area contributed by atoms with Crippen LogP contribution in [0.15, 0.2) is 115 Å². The van der Waals surface area contributed by atoms with Crippen LogP contribution in [0.3, 0.4) is 0 Å². The second-order valence-electron chi connectivity index (χ2n) is 12.2. The van der Waals surface area contributed by atoms with Gasteiger partial charge in [0, 0.05) is 23.7 Å². The van der Waals surface area contributed by atoms with Crippen LogP contribution in [0.1, 0.15) is 54.0 Å². The van der Waals surface area contributed by atoms with Crippen LogP contribution in [-0.4, -0.2) is 25.7 Å². The van der Waals surface area contributed by atoms with Gasteiger partial charge in [0.1, 0.15) is 18.1 Å². The molecule has 4 heteroatoms. The highest BCUT2D eigenvalue weighted by molar-refractivity contribution is 5.94. The molecule has 0 spiro atoms. The summed E-state index contributed by atoms with van der Waals surface area (Å²) in [4.78, 5) is 2.62. The summed E-state index contributed by atoms with van der Waals surface area (Å²) < 4.78 is 12.4. The zero-order chi connectivity index (χ0) is 29.6. The maximum atomic E-state index is 6.23. The van der Waals surface area contributed by atoms with Crippen molar-refractivity contribution in [3.8, 4) is 11.5 Å². The highest BCUT2D eigenvalue weighted by atomic mass is 16.5. The molecule has 2 atom stereocenters. The molecule has 2 aliphatic heterocycles. The number of rotatable bonds is 10. The molecule has 5 aromatic carbocycles. The molecule has 0 aliphatic carbocycles. The van der Waals surface area contributed by atoms with E-state index in [2.05, 4.69) is 119 Å². The van der Waals surface area contributed by atoms with E-state index in [1.54, 1.807) is 0 Å². The number of fused-ring (bicyclic) bond motifs is 2. The minimum Gasteiger partial charge on any atom is -0.494 e. The minimum atomic E-state index is 0.219. The molecule has 0 saturated carbocycles. The molecular formula is C40H42N2O2. The first-order valence-corrected chi connectivity index (χ1v) is 16.3. The Morgan fingerprint density at radius 2 is 1.55 bits per heavy atom. The van der Waals surface area contributed by atoms with Gasteiger partial charge >= 0.3 is 0 Å². The number of anilines is 1. The summed E-state index contributed by atoms with van der Waals surface area (Å²) in [5, 5.41) is 6.21. The molecule has 2 heterocycles. The molecule has 7 rings (SSSR count). The third-order valence-electron chi connectivity index (χ3n) is 9.30. The predicted molar refractivity (Wildman–Crippen MR) is 181 cm³/mol. The molecule has 0 bridgehead atoms. The number of nitrogens with zero attached hydrogens (tertiary/aromatic N) is 1. The van der Waals surface area contributed by atoms with Gasteiger partial charge in [-0.1, -0.05) is 91.3 Å². The van der Waals surface area contributed by atoms with Crippen molar-refractivity contribution in [1.82, 2.24) is 5.32 Å². The molecule has 2 aliphatic rings. The van der Waals surface area contributed by atoms with Crippen LogP contribution in [0.25, 0.3) is 10.8 Å². The van der Waals surface area contributed by atoms with E-state index >= 15 is 0 Å². The van der Waals surface area contributed by atoms with Gasteiger partial charge in [0.2, 0.25) is 0 Å². The smallest absolute Gasteiger partial charge is 0.120 e. The van der Waals surface area contributed by atoms with Crippen LogP contribution in [0.4, 0.5) is 5.69 Å². The zero-order valence-electron chi connectivity index (χ0n) is 25.5. The van der Waals surface area contributed by atoms with Gasteiger partial charge in [-0.15, -0.1) is 0 Å². The highest BCUT2D eigenvalue weighted by Gasteiger charge is 2.29. The molecule has 44 heavy (non-hydrogen) atoms. The summed E-state index contributed by atoms with van der Waals surface area (Å²) in [6, 6.07) is 42.2. The molecule has 0 amide bonds. The average Bonchev–Trinajstić information content (AvgIpc) is 3.09. The number of ether oxygens (including phenoxy) is 2. The molecule has 0 aromatic heterocycles. The summed E-state index contributed by atoms with van der Waals surface area (Å²) in [7, 11) is 0. The summed E-state index contributed by atoms with van der Waals surface area (Å²) in [6.07, 6.45) is 6.86. The first kappa shape index (κ1) is 28.5. The quantitative estimate of drug-likeness (QED) is 0.179. The van der Waals surface area contributed by atoms with Crippen molar-refractivity contribution < 1.29 is 9.47 Å². The van der Waals surface area contributed by atoms with Crippen LogP contribution < -0.4 is 19.7 Å². The van der Waals surface area contributed by atoms with Crippen molar-refractivity contribution in [3.63, 3.8) is 0 Å². The fraction of sp³-hybridized carbons (Fsp3) is 0.300. The molecule has 2 unspecified atom stereocenters. The molecule has 1 fully saturated rings. The van der Waals surface area contributed by atoms with E-state index in [4.69, 9.17) is 9.47 Å². The summed E-state index contributed by atoms with van der Waals surface area (Å²) in [6.45, 7) is 3.44. The molecule has 0 radical (unpaired) electrons. The molecule has 1 N–H and O–H groups in total. The number of hydrogen-bond acceptors (Lipinski definition) is 4. The normalized spacial score (nSPS) is 18.1. The lowest BCUT2D eigenvalue weighted by Crippen LogP contribution is -2.37. The molecular weight excluding hydrogens is 540 g/mol. The van der Waals surface area contributed by atoms with E-state index in [9.17, 15) is 0 Å². The number of benzene rings is 5. The lowest BCUT2D eigenvalue weighted by Gasteiger charge is -2.40. The van der Waals surface area contributed by atoms with Crippen LogP contribution >= 0.6 is 0 Å². The van der Waals surface area contributed by atoms with Gasteiger partial charge in [0.15, 0.2) is 0 Å². The zero-order valence-corrected chi connectivity index (χ0v) is 25.5. The van der Waals surface area contributed by atoms with Crippen molar-refractivity contribution in [3.05, 3.63) is 138 Å². The van der Waals surface area contributed by atoms with Gasteiger partial charge < -0.3 is 19.7 Å². The second kappa shape index (κ2) is 13.6. The summed E-state index contributed by atoms with van der Waals surface area (Å²) >= 11 is 0. The van der Waals surface area contributed by atoms with Gasteiger partial charge in [0.05, 0.1) is 12.6 Å². The first-order chi connectivity index (χ1) is 21.8. The van der Waals surface area contributed by atoms with Crippen LogP contribution in [0, 0.1) is 0 Å². The van der Waals surface area contributed by atoms with Gasteiger partial charge in [-0.3, -0.25) is 0 Å². The monoisotopic (exact) mass is 582 g/mol. The maximum Gasteiger partial charge on any atom is 0.120 e. The first-order valence-electron chi connectivity index (χ1n) is 16.3. The Morgan fingerprint density at radius 3 is 2.41 bits per heavy atom. The van der Waals surface area contributed by atoms with Crippen LogP contribution in [0.2, 0.25) is 0 Å². The van der Waals surface area contributed by atoms with Crippen molar-refractivity contribution in [1.29, 1.82) is 0 Å². The molecule has 224 valence electrons. The number of piperidine rings is 1. The topological polar surface area (TPSA) is 33.7 Å².